The Morgan fingerprint density at radius 3 is 2.21 bits per heavy atom. The van der Waals surface area contributed by atoms with Crippen LogP contribution in [-0.4, -0.2) is 19.9 Å². The molecular weight excluding hydrogens is 174 g/mol. The normalized spacial score (nSPS) is 10.5. The van der Waals surface area contributed by atoms with Crippen molar-refractivity contribution in [2.45, 2.75) is 6.92 Å². The van der Waals surface area contributed by atoms with Crippen molar-refractivity contribution in [3.63, 3.8) is 0 Å². The van der Waals surface area contributed by atoms with E-state index in [1.54, 1.807) is 13.0 Å². The first-order chi connectivity index (χ1) is 6.59. The highest BCUT2D eigenvalue weighted by Crippen LogP contribution is 2.12. The highest BCUT2D eigenvalue weighted by atomic mass is 16.1. The number of carbonyl (C=O) groups excluding carboxylic acids is 1. The zero-order valence-electron chi connectivity index (χ0n) is 8.82. The van der Waals surface area contributed by atoms with Crippen molar-refractivity contribution < 1.29 is 4.79 Å². The molecule has 1 aromatic carbocycles. The fraction of sp³-hybridized carbons (Fsp3) is 0.250. The van der Waals surface area contributed by atoms with E-state index in [2.05, 4.69) is 0 Å². The number of anilines is 1. The Hall–Kier alpha value is -1.57. The van der Waals surface area contributed by atoms with Crippen LogP contribution in [0.3, 0.4) is 0 Å². The second kappa shape index (κ2) is 4.61. The second-order valence-electron chi connectivity index (χ2n) is 3.43. The summed E-state index contributed by atoms with van der Waals surface area (Å²) >= 11 is 0. The SMILES string of the molecule is CC(=O)/C=C/c1ccc(N(C)C)cc1. The third-order valence-electron chi connectivity index (χ3n) is 1.92. The van der Waals surface area contributed by atoms with E-state index >= 15 is 0 Å². The molecule has 14 heavy (non-hydrogen) atoms. The molecule has 0 saturated heterocycles. The van der Waals surface area contributed by atoms with E-state index in [0.29, 0.717) is 0 Å². The second-order valence-corrected chi connectivity index (χ2v) is 3.43. The van der Waals surface area contributed by atoms with Crippen molar-refractivity contribution in [3.05, 3.63) is 35.9 Å². The van der Waals surface area contributed by atoms with Crippen LogP contribution in [0.25, 0.3) is 6.08 Å². The lowest BCUT2D eigenvalue weighted by Crippen LogP contribution is -2.07. The minimum atomic E-state index is 0.0710. The highest BCUT2D eigenvalue weighted by molar-refractivity contribution is 5.91. The van der Waals surface area contributed by atoms with Crippen LogP contribution in [0.4, 0.5) is 5.69 Å². The Morgan fingerprint density at radius 1 is 1.21 bits per heavy atom. The topological polar surface area (TPSA) is 20.3 Å². The van der Waals surface area contributed by atoms with E-state index in [0.717, 1.165) is 11.3 Å². The monoisotopic (exact) mass is 189 g/mol. The average molecular weight is 189 g/mol. The minimum Gasteiger partial charge on any atom is -0.378 e. The first kappa shape index (κ1) is 10.5. The van der Waals surface area contributed by atoms with Gasteiger partial charge in [0.15, 0.2) is 5.78 Å². The first-order valence-electron chi connectivity index (χ1n) is 4.55. The Kier molecular flexibility index (Phi) is 3.46. The molecule has 0 fully saturated rings. The van der Waals surface area contributed by atoms with E-state index < -0.39 is 0 Å². The number of hydrogen-bond acceptors (Lipinski definition) is 2. The maximum atomic E-state index is 10.7. The molecule has 0 aliphatic carbocycles. The number of rotatable bonds is 3. The van der Waals surface area contributed by atoms with Gasteiger partial charge in [-0.1, -0.05) is 18.2 Å². The van der Waals surface area contributed by atoms with Gasteiger partial charge < -0.3 is 4.90 Å². The van der Waals surface area contributed by atoms with Crippen LogP contribution in [0.1, 0.15) is 12.5 Å². The molecule has 0 aliphatic heterocycles. The van der Waals surface area contributed by atoms with Crippen LogP contribution in [0.15, 0.2) is 30.3 Å². The maximum Gasteiger partial charge on any atom is 0.152 e. The van der Waals surface area contributed by atoms with Gasteiger partial charge in [-0.3, -0.25) is 4.79 Å². The number of benzene rings is 1. The summed E-state index contributed by atoms with van der Waals surface area (Å²) in [5, 5.41) is 0. The molecule has 0 unspecified atom stereocenters. The first-order valence-corrected chi connectivity index (χ1v) is 4.55. The smallest absolute Gasteiger partial charge is 0.152 e. The summed E-state index contributed by atoms with van der Waals surface area (Å²) in [6.07, 6.45) is 3.40. The molecule has 0 aliphatic rings. The molecule has 74 valence electrons. The summed E-state index contributed by atoms with van der Waals surface area (Å²) in [5.74, 6) is 0.0710. The highest BCUT2D eigenvalue weighted by Gasteiger charge is 1.93. The molecule has 0 N–H and O–H groups in total. The number of nitrogens with zero attached hydrogens (tertiary/aromatic N) is 1. The molecule has 0 heterocycles. The standard InChI is InChI=1S/C12H15NO/c1-10(14)4-5-11-6-8-12(9-7-11)13(2)3/h4-9H,1-3H3/b5-4+. The summed E-state index contributed by atoms with van der Waals surface area (Å²) in [7, 11) is 4.00. The quantitative estimate of drug-likeness (QED) is 0.680. The number of hydrogen-bond donors (Lipinski definition) is 0. The Labute approximate surface area is 84.9 Å². The molecule has 0 amide bonds. The van der Waals surface area contributed by atoms with Crippen LogP contribution in [0, 0.1) is 0 Å². The molecule has 0 radical (unpaired) electrons. The number of carbonyl (C=O) groups is 1. The predicted octanol–water partition coefficient (Wildman–Crippen LogP) is 2.35. The predicted molar refractivity (Wildman–Crippen MR) is 60.5 cm³/mol. The molecule has 0 bridgehead atoms. The van der Waals surface area contributed by atoms with Crippen molar-refractivity contribution in [2.24, 2.45) is 0 Å². The van der Waals surface area contributed by atoms with Gasteiger partial charge in [0.05, 0.1) is 0 Å². The van der Waals surface area contributed by atoms with Crippen LogP contribution >= 0.6 is 0 Å². The van der Waals surface area contributed by atoms with Gasteiger partial charge in [-0.15, -0.1) is 0 Å². The van der Waals surface area contributed by atoms with Crippen molar-refractivity contribution in [2.75, 3.05) is 19.0 Å². The third-order valence-corrected chi connectivity index (χ3v) is 1.92. The van der Waals surface area contributed by atoms with E-state index in [4.69, 9.17) is 0 Å². The fourth-order valence-corrected chi connectivity index (χ4v) is 1.10. The number of ketones is 1. The lowest BCUT2D eigenvalue weighted by Gasteiger charge is -2.11. The Balaban J connectivity index is 2.78. The van der Waals surface area contributed by atoms with Gasteiger partial charge in [0, 0.05) is 19.8 Å². The average Bonchev–Trinajstić information content (AvgIpc) is 2.15. The summed E-state index contributed by atoms with van der Waals surface area (Å²) in [5.41, 5.74) is 2.20. The Morgan fingerprint density at radius 2 is 1.79 bits per heavy atom. The van der Waals surface area contributed by atoms with Gasteiger partial charge in [-0.2, -0.15) is 0 Å². The molecule has 2 heteroatoms. The molecule has 2 nitrogen and oxygen atoms in total. The largest absolute Gasteiger partial charge is 0.378 e. The zero-order valence-corrected chi connectivity index (χ0v) is 8.82. The van der Waals surface area contributed by atoms with E-state index in [1.165, 1.54) is 0 Å². The summed E-state index contributed by atoms with van der Waals surface area (Å²) < 4.78 is 0. The zero-order chi connectivity index (χ0) is 10.6. The van der Waals surface area contributed by atoms with Crippen LogP contribution in [0.5, 0.6) is 0 Å². The van der Waals surface area contributed by atoms with Crippen LogP contribution in [0.2, 0.25) is 0 Å². The van der Waals surface area contributed by atoms with E-state index in [-0.39, 0.29) is 5.78 Å². The molecule has 1 rings (SSSR count). The van der Waals surface area contributed by atoms with Crippen molar-refractivity contribution in [1.29, 1.82) is 0 Å². The van der Waals surface area contributed by atoms with E-state index in [1.807, 2.05) is 49.3 Å². The minimum absolute atomic E-state index is 0.0710. The van der Waals surface area contributed by atoms with Crippen molar-refractivity contribution in [1.82, 2.24) is 0 Å². The Bertz CT molecular complexity index is 336. The van der Waals surface area contributed by atoms with Gasteiger partial charge in [-0.25, -0.2) is 0 Å². The van der Waals surface area contributed by atoms with E-state index in [9.17, 15) is 4.79 Å². The molecule has 1 aromatic rings. The maximum absolute atomic E-state index is 10.7. The summed E-state index contributed by atoms with van der Waals surface area (Å²) in [6.45, 7) is 1.55. The lowest BCUT2D eigenvalue weighted by atomic mass is 10.2. The van der Waals surface area contributed by atoms with Crippen LogP contribution < -0.4 is 4.90 Å². The van der Waals surface area contributed by atoms with Gasteiger partial charge in [-0.05, 0) is 30.7 Å². The van der Waals surface area contributed by atoms with Gasteiger partial charge in [0.1, 0.15) is 0 Å². The summed E-state index contributed by atoms with van der Waals surface area (Å²) in [4.78, 5) is 12.7. The lowest BCUT2D eigenvalue weighted by molar-refractivity contribution is -0.112. The third kappa shape index (κ3) is 3.05. The molecular formula is C12H15NO. The van der Waals surface area contributed by atoms with Crippen LogP contribution in [-0.2, 0) is 4.79 Å². The van der Waals surface area contributed by atoms with Crippen molar-refractivity contribution in [3.8, 4) is 0 Å². The molecule has 0 aromatic heterocycles. The fourth-order valence-electron chi connectivity index (χ4n) is 1.10. The molecule has 0 atom stereocenters. The number of allylic oxidation sites excluding steroid dienone is 1. The van der Waals surface area contributed by atoms with Gasteiger partial charge in [0.25, 0.3) is 0 Å². The van der Waals surface area contributed by atoms with Gasteiger partial charge in [0.2, 0.25) is 0 Å². The van der Waals surface area contributed by atoms with Crippen molar-refractivity contribution >= 4 is 17.5 Å². The summed E-state index contributed by atoms with van der Waals surface area (Å²) in [6, 6.07) is 8.04. The molecule has 0 spiro atoms. The van der Waals surface area contributed by atoms with Gasteiger partial charge >= 0.3 is 0 Å². The molecule has 0 saturated carbocycles.